The van der Waals surface area contributed by atoms with Crippen LogP contribution in [0.25, 0.3) is 0 Å². The number of anilines is 1. The van der Waals surface area contributed by atoms with Crippen LogP contribution >= 0.6 is 0 Å². The molecule has 1 amide bonds. The van der Waals surface area contributed by atoms with Crippen LogP contribution in [0.15, 0.2) is 42.6 Å². The quantitative estimate of drug-likeness (QED) is 0.841. The fraction of sp³-hybridized carbons (Fsp3) is 0.312. The lowest BCUT2D eigenvalue weighted by atomic mass is 10.1. The average molecular weight is 269 g/mol. The lowest BCUT2D eigenvalue weighted by Gasteiger charge is -2.24. The molecule has 20 heavy (non-hydrogen) atoms. The van der Waals surface area contributed by atoms with E-state index in [4.69, 9.17) is 5.73 Å². The third-order valence-corrected chi connectivity index (χ3v) is 3.86. The van der Waals surface area contributed by atoms with Crippen LogP contribution in [0.3, 0.4) is 0 Å². The van der Waals surface area contributed by atoms with E-state index in [0.29, 0.717) is 12.1 Å². The van der Waals surface area contributed by atoms with Crippen molar-refractivity contribution in [2.24, 2.45) is 0 Å². The number of nitrogens with two attached hydrogens (primary N) is 1. The van der Waals surface area contributed by atoms with E-state index in [9.17, 15) is 4.79 Å². The van der Waals surface area contributed by atoms with E-state index >= 15 is 0 Å². The summed E-state index contributed by atoms with van der Waals surface area (Å²) >= 11 is 0. The number of nitrogens with zero attached hydrogens (tertiary/aromatic N) is 1. The fourth-order valence-corrected chi connectivity index (χ4v) is 2.92. The van der Waals surface area contributed by atoms with Gasteiger partial charge in [-0.1, -0.05) is 12.1 Å². The van der Waals surface area contributed by atoms with E-state index in [2.05, 4.69) is 11.1 Å². The van der Waals surface area contributed by atoms with E-state index in [1.54, 1.807) is 0 Å². The molecule has 1 saturated heterocycles. The van der Waals surface area contributed by atoms with Gasteiger partial charge >= 0.3 is 0 Å². The van der Waals surface area contributed by atoms with Crippen molar-refractivity contribution in [3.63, 3.8) is 0 Å². The van der Waals surface area contributed by atoms with Crippen LogP contribution in [0.4, 0.5) is 5.69 Å². The van der Waals surface area contributed by atoms with Crippen LogP contribution in [0, 0.1) is 0 Å². The van der Waals surface area contributed by atoms with E-state index < -0.39 is 0 Å². The monoisotopic (exact) mass is 269 g/mol. The average Bonchev–Trinajstić information content (AvgIpc) is 3.09. The van der Waals surface area contributed by atoms with E-state index in [-0.39, 0.29) is 11.9 Å². The highest BCUT2D eigenvalue weighted by atomic mass is 16.2. The van der Waals surface area contributed by atoms with Gasteiger partial charge in [-0.25, -0.2) is 0 Å². The van der Waals surface area contributed by atoms with Crippen LogP contribution < -0.4 is 5.73 Å². The number of H-pyrrole nitrogens is 1. The van der Waals surface area contributed by atoms with Crippen molar-refractivity contribution < 1.29 is 4.79 Å². The Hall–Kier alpha value is -2.23. The Morgan fingerprint density at radius 2 is 2.25 bits per heavy atom. The highest BCUT2D eigenvalue weighted by molar-refractivity contribution is 5.79. The van der Waals surface area contributed by atoms with Gasteiger partial charge in [0.15, 0.2) is 0 Å². The Balaban J connectivity index is 1.73. The van der Waals surface area contributed by atoms with Gasteiger partial charge in [-0.05, 0) is 42.7 Å². The molecule has 0 saturated carbocycles. The van der Waals surface area contributed by atoms with E-state index in [1.165, 1.54) is 0 Å². The standard InChI is InChI=1S/C16H19N3O/c17-13-5-1-4-12(10-13)11-16(20)19-9-3-7-15(19)14-6-2-8-18-14/h1-2,4-6,8,10,15,18H,3,7,9,11,17H2. The topological polar surface area (TPSA) is 62.1 Å². The Kier molecular flexibility index (Phi) is 3.46. The van der Waals surface area contributed by atoms with Crippen molar-refractivity contribution in [3.05, 3.63) is 53.9 Å². The number of rotatable bonds is 3. The number of hydrogen-bond donors (Lipinski definition) is 2. The minimum Gasteiger partial charge on any atom is -0.399 e. The summed E-state index contributed by atoms with van der Waals surface area (Å²) in [5, 5.41) is 0. The molecular weight excluding hydrogens is 250 g/mol. The zero-order valence-electron chi connectivity index (χ0n) is 11.4. The van der Waals surface area contributed by atoms with Gasteiger partial charge in [0.2, 0.25) is 5.91 Å². The second-order valence-corrected chi connectivity index (χ2v) is 5.29. The first-order valence-corrected chi connectivity index (χ1v) is 7.01. The Bertz CT molecular complexity index is 592. The number of aromatic amines is 1. The summed E-state index contributed by atoms with van der Waals surface area (Å²) in [5.41, 5.74) is 8.58. The Morgan fingerprint density at radius 1 is 1.35 bits per heavy atom. The molecule has 0 radical (unpaired) electrons. The molecule has 1 aromatic heterocycles. The van der Waals surface area contributed by atoms with Gasteiger partial charge in [-0.15, -0.1) is 0 Å². The Morgan fingerprint density at radius 3 is 3.00 bits per heavy atom. The van der Waals surface area contributed by atoms with Gasteiger partial charge < -0.3 is 15.6 Å². The predicted molar refractivity (Wildman–Crippen MR) is 79.0 cm³/mol. The molecule has 3 N–H and O–H groups in total. The van der Waals surface area contributed by atoms with Crippen molar-refractivity contribution >= 4 is 11.6 Å². The number of aromatic nitrogens is 1. The first-order valence-electron chi connectivity index (χ1n) is 7.01. The molecular formula is C16H19N3O. The maximum Gasteiger partial charge on any atom is 0.227 e. The molecule has 4 heteroatoms. The lowest BCUT2D eigenvalue weighted by Crippen LogP contribution is -2.32. The summed E-state index contributed by atoms with van der Waals surface area (Å²) < 4.78 is 0. The number of benzene rings is 1. The van der Waals surface area contributed by atoms with Crippen molar-refractivity contribution in [2.75, 3.05) is 12.3 Å². The molecule has 2 aromatic rings. The summed E-state index contributed by atoms with van der Waals surface area (Å²) in [6, 6.07) is 11.8. The summed E-state index contributed by atoms with van der Waals surface area (Å²) in [7, 11) is 0. The van der Waals surface area contributed by atoms with Gasteiger partial charge in [0.25, 0.3) is 0 Å². The van der Waals surface area contributed by atoms with Crippen LogP contribution in [0.1, 0.15) is 30.1 Å². The fourth-order valence-electron chi connectivity index (χ4n) is 2.92. The number of amides is 1. The van der Waals surface area contributed by atoms with Crippen molar-refractivity contribution in [2.45, 2.75) is 25.3 Å². The minimum absolute atomic E-state index is 0.174. The molecule has 1 aromatic carbocycles. The van der Waals surface area contributed by atoms with E-state index in [0.717, 1.165) is 30.6 Å². The van der Waals surface area contributed by atoms with Crippen molar-refractivity contribution in [3.8, 4) is 0 Å². The number of carbonyl (C=O) groups excluding carboxylic acids is 1. The lowest BCUT2D eigenvalue weighted by molar-refractivity contribution is -0.131. The van der Waals surface area contributed by atoms with Crippen LogP contribution in [-0.4, -0.2) is 22.3 Å². The number of carbonyl (C=O) groups is 1. The summed E-state index contributed by atoms with van der Waals surface area (Å²) in [5.74, 6) is 0.174. The molecule has 1 aliphatic heterocycles. The zero-order chi connectivity index (χ0) is 13.9. The largest absolute Gasteiger partial charge is 0.399 e. The smallest absolute Gasteiger partial charge is 0.227 e. The Labute approximate surface area is 118 Å². The molecule has 104 valence electrons. The summed E-state index contributed by atoms with van der Waals surface area (Å²) in [6.45, 7) is 0.838. The number of likely N-dealkylation sites (tertiary alicyclic amines) is 1. The molecule has 2 heterocycles. The van der Waals surface area contributed by atoms with Gasteiger partial charge in [0.1, 0.15) is 0 Å². The minimum atomic E-state index is 0.174. The normalized spacial score (nSPS) is 18.4. The number of nitrogen functional groups attached to an aromatic ring is 1. The van der Waals surface area contributed by atoms with Crippen molar-refractivity contribution in [1.82, 2.24) is 9.88 Å². The third-order valence-electron chi connectivity index (χ3n) is 3.86. The van der Waals surface area contributed by atoms with E-state index in [1.807, 2.05) is 41.4 Å². The predicted octanol–water partition coefficient (Wildman–Crippen LogP) is 2.50. The number of hydrogen-bond acceptors (Lipinski definition) is 2. The van der Waals surface area contributed by atoms with Gasteiger partial charge in [0.05, 0.1) is 12.5 Å². The SMILES string of the molecule is Nc1cccc(CC(=O)N2CCCC2c2ccc[nH]2)c1. The summed E-state index contributed by atoms with van der Waals surface area (Å²) in [4.78, 5) is 17.7. The van der Waals surface area contributed by atoms with Crippen molar-refractivity contribution in [1.29, 1.82) is 0 Å². The molecule has 1 atom stereocenters. The molecule has 0 bridgehead atoms. The first kappa shape index (κ1) is 12.8. The van der Waals surface area contributed by atoms with Crippen LogP contribution in [-0.2, 0) is 11.2 Å². The molecule has 0 spiro atoms. The van der Waals surface area contributed by atoms with Gasteiger partial charge in [-0.3, -0.25) is 4.79 Å². The molecule has 4 nitrogen and oxygen atoms in total. The molecule has 0 aliphatic carbocycles. The highest BCUT2D eigenvalue weighted by Gasteiger charge is 2.30. The molecule has 3 rings (SSSR count). The van der Waals surface area contributed by atoms with Gasteiger partial charge in [0, 0.05) is 24.1 Å². The maximum absolute atomic E-state index is 12.5. The molecule has 1 unspecified atom stereocenters. The summed E-state index contributed by atoms with van der Waals surface area (Å²) in [6.07, 6.45) is 4.42. The third kappa shape index (κ3) is 2.54. The van der Waals surface area contributed by atoms with Gasteiger partial charge in [-0.2, -0.15) is 0 Å². The van der Waals surface area contributed by atoms with Crippen LogP contribution in [0.5, 0.6) is 0 Å². The second-order valence-electron chi connectivity index (χ2n) is 5.29. The maximum atomic E-state index is 12.5. The zero-order valence-corrected chi connectivity index (χ0v) is 11.4. The number of nitrogens with one attached hydrogen (secondary N) is 1. The molecule has 1 fully saturated rings. The van der Waals surface area contributed by atoms with Crippen LogP contribution in [0.2, 0.25) is 0 Å². The second kappa shape index (κ2) is 5.41. The highest BCUT2D eigenvalue weighted by Crippen LogP contribution is 2.31. The molecule has 1 aliphatic rings. The first-order chi connectivity index (χ1) is 9.74.